The fourth-order valence-electron chi connectivity index (χ4n) is 2.18. The predicted octanol–water partition coefficient (Wildman–Crippen LogP) is 4.26. The average Bonchev–Trinajstić information content (AvgIpc) is 2.49. The Morgan fingerprint density at radius 2 is 1.55 bits per heavy atom. The van der Waals surface area contributed by atoms with E-state index in [4.69, 9.17) is 9.05 Å². The number of hydrogen-bond donors (Lipinski definition) is 0. The maximum absolute atomic E-state index is 12.9. The number of aromatic nitrogens is 1. The molecule has 0 bridgehead atoms. The van der Waals surface area contributed by atoms with E-state index in [0.29, 0.717) is 18.6 Å². The van der Waals surface area contributed by atoms with Crippen molar-refractivity contribution in [3.8, 4) is 11.3 Å². The van der Waals surface area contributed by atoms with Gasteiger partial charge < -0.3 is 9.05 Å². The molecule has 0 unspecified atom stereocenters. The van der Waals surface area contributed by atoms with E-state index in [9.17, 15) is 4.57 Å². The maximum atomic E-state index is 12.9. The molecule has 118 valence electrons. The third kappa shape index (κ3) is 3.64. The second kappa shape index (κ2) is 7.19. The summed E-state index contributed by atoms with van der Waals surface area (Å²) in [7, 11) is -3.36. The number of benzene rings is 1. The first-order valence-corrected chi connectivity index (χ1v) is 8.98. The zero-order chi connectivity index (χ0) is 16.2. The molecule has 0 atom stereocenters. The summed E-state index contributed by atoms with van der Waals surface area (Å²) >= 11 is 0. The molecule has 1 heterocycles. The molecule has 0 N–H and O–H groups in total. The lowest BCUT2D eigenvalue weighted by Crippen LogP contribution is -2.15. The van der Waals surface area contributed by atoms with Crippen LogP contribution in [0, 0.1) is 13.8 Å². The van der Waals surface area contributed by atoms with Crippen LogP contribution >= 0.6 is 7.60 Å². The minimum Gasteiger partial charge on any atom is -0.304 e. The van der Waals surface area contributed by atoms with Gasteiger partial charge in [-0.3, -0.25) is 4.57 Å². The highest BCUT2D eigenvalue weighted by atomic mass is 31.2. The zero-order valence-electron chi connectivity index (χ0n) is 13.5. The minimum absolute atomic E-state index is 0.312. The quantitative estimate of drug-likeness (QED) is 0.747. The van der Waals surface area contributed by atoms with Crippen LogP contribution in [0.2, 0.25) is 0 Å². The maximum Gasteiger partial charge on any atom is 0.379 e. The summed E-state index contributed by atoms with van der Waals surface area (Å²) in [4.78, 5) is 4.57. The lowest BCUT2D eigenvalue weighted by atomic mass is 10.1. The first-order chi connectivity index (χ1) is 10.5. The summed E-state index contributed by atoms with van der Waals surface area (Å²) in [5, 5.41) is 0. The molecule has 0 saturated heterocycles. The molecule has 5 heteroatoms. The molecular formula is C17H22NO3P. The van der Waals surface area contributed by atoms with E-state index in [1.165, 1.54) is 5.56 Å². The van der Waals surface area contributed by atoms with Crippen molar-refractivity contribution in [2.75, 3.05) is 13.2 Å². The van der Waals surface area contributed by atoms with Gasteiger partial charge in [0.1, 0.15) is 0 Å². The Morgan fingerprint density at radius 3 is 2.09 bits per heavy atom. The molecule has 1 aromatic heterocycles. The highest BCUT2D eigenvalue weighted by molar-refractivity contribution is 7.61. The molecule has 0 aliphatic rings. The van der Waals surface area contributed by atoms with E-state index < -0.39 is 7.60 Å². The summed E-state index contributed by atoms with van der Waals surface area (Å²) in [6.07, 6.45) is 0. The van der Waals surface area contributed by atoms with Crippen molar-refractivity contribution in [2.45, 2.75) is 27.7 Å². The van der Waals surface area contributed by atoms with Gasteiger partial charge in [-0.1, -0.05) is 35.9 Å². The first-order valence-electron chi connectivity index (χ1n) is 7.44. The van der Waals surface area contributed by atoms with Gasteiger partial charge in [-0.25, -0.2) is 4.98 Å². The van der Waals surface area contributed by atoms with Gasteiger partial charge in [0.15, 0.2) is 5.44 Å². The second-order valence-corrected chi connectivity index (χ2v) is 7.00. The van der Waals surface area contributed by atoms with E-state index in [1.54, 1.807) is 19.9 Å². The third-order valence-electron chi connectivity index (χ3n) is 3.29. The number of pyridine rings is 1. The van der Waals surface area contributed by atoms with Crippen LogP contribution in [0.25, 0.3) is 11.3 Å². The summed E-state index contributed by atoms with van der Waals surface area (Å²) in [6, 6.07) is 11.7. The van der Waals surface area contributed by atoms with Crippen LogP contribution in [-0.2, 0) is 13.6 Å². The lowest BCUT2D eigenvalue weighted by Gasteiger charge is -2.17. The van der Waals surface area contributed by atoms with Gasteiger partial charge in [-0.2, -0.15) is 0 Å². The Kier molecular flexibility index (Phi) is 5.52. The average molecular weight is 319 g/mol. The number of nitrogens with zero attached hydrogens (tertiary/aromatic N) is 1. The van der Waals surface area contributed by atoms with Gasteiger partial charge in [0.2, 0.25) is 0 Å². The predicted molar refractivity (Wildman–Crippen MR) is 89.6 cm³/mol. The molecule has 0 aliphatic heterocycles. The Balaban J connectivity index is 2.49. The van der Waals surface area contributed by atoms with Crippen LogP contribution in [-0.4, -0.2) is 18.2 Å². The van der Waals surface area contributed by atoms with Crippen molar-refractivity contribution in [3.63, 3.8) is 0 Å². The SMILES string of the molecule is CCOP(=O)(OCC)c1ccc(C)c(-c2ccc(C)cc2)n1. The summed E-state index contributed by atoms with van der Waals surface area (Å²) < 4.78 is 23.6. The topological polar surface area (TPSA) is 48.4 Å². The van der Waals surface area contributed by atoms with Crippen molar-refractivity contribution in [2.24, 2.45) is 0 Å². The van der Waals surface area contributed by atoms with Crippen LogP contribution in [0.5, 0.6) is 0 Å². The van der Waals surface area contributed by atoms with Gasteiger partial charge in [0.05, 0.1) is 18.9 Å². The Hall–Kier alpha value is -1.48. The van der Waals surface area contributed by atoms with E-state index in [0.717, 1.165) is 16.8 Å². The van der Waals surface area contributed by atoms with Crippen LogP contribution < -0.4 is 5.44 Å². The van der Waals surface area contributed by atoms with Crippen molar-refractivity contribution >= 4 is 13.0 Å². The minimum atomic E-state index is -3.36. The normalized spacial score (nSPS) is 11.6. The highest BCUT2D eigenvalue weighted by Crippen LogP contribution is 2.46. The number of rotatable bonds is 6. The van der Waals surface area contributed by atoms with Gasteiger partial charge in [0, 0.05) is 5.56 Å². The van der Waals surface area contributed by atoms with Crippen molar-refractivity contribution in [3.05, 3.63) is 47.5 Å². The van der Waals surface area contributed by atoms with Crippen LogP contribution in [0.15, 0.2) is 36.4 Å². The molecule has 0 spiro atoms. The number of hydrogen-bond acceptors (Lipinski definition) is 4. The molecular weight excluding hydrogens is 297 g/mol. The smallest absolute Gasteiger partial charge is 0.304 e. The van der Waals surface area contributed by atoms with Crippen molar-refractivity contribution in [1.29, 1.82) is 0 Å². The summed E-state index contributed by atoms with van der Waals surface area (Å²) in [5.41, 5.74) is 4.36. The molecule has 1 aromatic carbocycles. The Bertz CT molecular complexity index is 673. The summed E-state index contributed by atoms with van der Waals surface area (Å²) in [6.45, 7) is 8.23. The standard InChI is InChI=1S/C17H22NO3P/c1-5-20-22(19,21-6-2)16-12-9-14(4)17(18-16)15-10-7-13(3)8-11-15/h7-12H,5-6H2,1-4H3. The molecule has 0 aliphatic carbocycles. The fourth-order valence-corrected chi connectivity index (χ4v) is 3.68. The van der Waals surface area contributed by atoms with Gasteiger partial charge in [0.25, 0.3) is 0 Å². The molecule has 0 amide bonds. The van der Waals surface area contributed by atoms with Crippen LogP contribution in [0.1, 0.15) is 25.0 Å². The highest BCUT2D eigenvalue weighted by Gasteiger charge is 2.29. The van der Waals surface area contributed by atoms with E-state index >= 15 is 0 Å². The molecule has 22 heavy (non-hydrogen) atoms. The van der Waals surface area contributed by atoms with Crippen LogP contribution in [0.3, 0.4) is 0 Å². The summed E-state index contributed by atoms with van der Waals surface area (Å²) in [5.74, 6) is 0. The molecule has 4 nitrogen and oxygen atoms in total. The molecule has 2 rings (SSSR count). The zero-order valence-corrected chi connectivity index (χ0v) is 14.4. The Morgan fingerprint density at radius 1 is 0.955 bits per heavy atom. The van der Waals surface area contributed by atoms with Gasteiger partial charge in [-0.05, 0) is 39.3 Å². The largest absolute Gasteiger partial charge is 0.379 e. The molecule has 2 aromatic rings. The van der Waals surface area contributed by atoms with Crippen LogP contribution in [0.4, 0.5) is 0 Å². The monoisotopic (exact) mass is 319 g/mol. The molecule has 0 radical (unpaired) electrons. The molecule has 0 fully saturated rings. The van der Waals surface area contributed by atoms with Crippen molar-refractivity contribution in [1.82, 2.24) is 4.98 Å². The third-order valence-corrected chi connectivity index (χ3v) is 5.29. The fraction of sp³-hybridized carbons (Fsp3) is 0.353. The first kappa shape index (κ1) is 16.9. The number of aryl methyl sites for hydroxylation is 2. The lowest BCUT2D eigenvalue weighted by molar-refractivity contribution is 0.229. The van der Waals surface area contributed by atoms with Gasteiger partial charge in [-0.15, -0.1) is 0 Å². The van der Waals surface area contributed by atoms with Crippen molar-refractivity contribution < 1.29 is 13.6 Å². The van der Waals surface area contributed by atoms with E-state index in [-0.39, 0.29) is 0 Å². The van der Waals surface area contributed by atoms with E-state index in [1.807, 2.05) is 44.2 Å². The van der Waals surface area contributed by atoms with Gasteiger partial charge >= 0.3 is 7.60 Å². The Labute approximate surface area is 132 Å². The molecule has 0 saturated carbocycles. The second-order valence-electron chi connectivity index (χ2n) is 5.03. The van der Waals surface area contributed by atoms with E-state index in [2.05, 4.69) is 4.98 Å².